The van der Waals surface area contributed by atoms with Crippen molar-refractivity contribution in [2.45, 2.75) is 26.2 Å². The average molecular weight is 397 g/mol. The van der Waals surface area contributed by atoms with E-state index in [0.29, 0.717) is 13.1 Å². The van der Waals surface area contributed by atoms with Crippen molar-refractivity contribution >= 4 is 23.2 Å². The minimum Gasteiger partial charge on any atom is -0.301 e. The van der Waals surface area contributed by atoms with Crippen molar-refractivity contribution in [1.82, 2.24) is 4.98 Å². The molecule has 0 radical (unpaired) electrons. The molecule has 2 saturated heterocycles. The van der Waals surface area contributed by atoms with Gasteiger partial charge in [0, 0.05) is 23.1 Å². The summed E-state index contributed by atoms with van der Waals surface area (Å²) in [5.74, 6) is 0.214. The second kappa shape index (κ2) is 6.52. The molecule has 2 fully saturated rings. The molecule has 5 heteroatoms. The van der Waals surface area contributed by atoms with Crippen LogP contribution in [0.25, 0.3) is 22.4 Å². The van der Waals surface area contributed by atoms with E-state index >= 15 is 0 Å². The Kier molecular flexibility index (Phi) is 4.03. The van der Waals surface area contributed by atoms with Crippen LogP contribution in [0.4, 0.5) is 11.4 Å². The van der Waals surface area contributed by atoms with Gasteiger partial charge in [-0.1, -0.05) is 51.1 Å². The maximum Gasteiger partial charge on any atom is 0.247 e. The molecule has 2 aromatic carbocycles. The number of hydrogen-bond donors (Lipinski definition) is 0. The van der Waals surface area contributed by atoms with E-state index in [4.69, 9.17) is 0 Å². The number of hydrogen-bond acceptors (Lipinski definition) is 3. The van der Waals surface area contributed by atoms with Crippen LogP contribution < -0.4 is 9.80 Å². The highest BCUT2D eigenvalue weighted by molar-refractivity contribution is 6.15. The van der Waals surface area contributed by atoms with Crippen molar-refractivity contribution in [2.75, 3.05) is 22.9 Å². The van der Waals surface area contributed by atoms with Crippen LogP contribution in [-0.4, -0.2) is 29.9 Å². The van der Waals surface area contributed by atoms with Crippen molar-refractivity contribution < 1.29 is 9.59 Å². The molecule has 0 aliphatic carbocycles. The van der Waals surface area contributed by atoms with Gasteiger partial charge in [0.1, 0.15) is 13.1 Å². The topological polar surface area (TPSA) is 53.0 Å². The Labute approximate surface area is 176 Å². The molecule has 0 spiro atoms. The SMILES string of the molecule is CC(C)(C)c1cccnc1-c1ccc(-c2cc(N3CC3=O)cc(N3CC3=O)c2)cc1. The molecule has 3 aromatic rings. The maximum atomic E-state index is 11.6. The quantitative estimate of drug-likeness (QED) is 0.613. The second-order valence-corrected chi connectivity index (χ2v) is 8.92. The molecule has 1 aromatic heterocycles. The third-order valence-electron chi connectivity index (χ3n) is 5.62. The number of amides is 2. The molecule has 0 N–H and O–H groups in total. The fourth-order valence-corrected chi connectivity index (χ4v) is 3.80. The highest BCUT2D eigenvalue weighted by Gasteiger charge is 2.35. The van der Waals surface area contributed by atoms with Crippen LogP contribution in [0, 0.1) is 0 Å². The highest BCUT2D eigenvalue weighted by atomic mass is 16.2. The van der Waals surface area contributed by atoms with E-state index in [2.05, 4.69) is 56.1 Å². The summed E-state index contributed by atoms with van der Waals surface area (Å²) >= 11 is 0. The Hall–Kier alpha value is -3.47. The van der Waals surface area contributed by atoms with Crippen LogP contribution in [0.15, 0.2) is 60.8 Å². The third-order valence-corrected chi connectivity index (χ3v) is 5.62. The first-order chi connectivity index (χ1) is 14.3. The first-order valence-electron chi connectivity index (χ1n) is 10.1. The molecule has 5 nitrogen and oxygen atoms in total. The molecule has 3 heterocycles. The fourth-order valence-electron chi connectivity index (χ4n) is 3.80. The van der Waals surface area contributed by atoms with Crippen molar-refractivity contribution in [1.29, 1.82) is 0 Å². The smallest absolute Gasteiger partial charge is 0.247 e. The first-order valence-corrected chi connectivity index (χ1v) is 10.1. The van der Waals surface area contributed by atoms with Gasteiger partial charge in [0.15, 0.2) is 0 Å². The number of carbonyl (C=O) groups excluding carboxylic acids is 2. The van der Waals surface area contributed by atoms with E-state index in [9.17, 15) is 9.59 Å². The van der Waals surface area contributed by atoms with Gasteiger partial charge in [-0.25, -0.2) is 0 Å². The van der Waals surface area contributed by atoms with Crippen LogP contribution in [0.1, 0.15) is 26.3 Å². The zero-order valence-electron chi connectivity index (χ0n) is 17.3. The normalized spacial score (nSPS) is 15.6. The molecule has 0 unspecified atom stereocenters. The van der Waals surface area contributed by atoms with E-state index in [1.807, 2.05) is 30.5 Å². The first kappa shape index (κ1) is 18.6. The Balaban J connectivity index is 1.52. The van der Waals surface area contributed by atoms with Crippen LogP contribution >= 0.6 is 0 Å². The van der Waals surface area contributed by atoms with Gasteiger partial charge in [-0.2, -0.15) is 0 Å². The van der Waals surface area contributed by atoms with E-state index < -0.39 is 0 Å². The second-order valence-electron chi connectivity index (χ2n) is 8.92. The van der Waals surface area contributed by atoms with Crippen molar-refractivity contribution in [2.24, 2.45) is 0 Å². The summed E-state index contributed by atoms with van der Waals surface area (Å²) in [6.07, 6.45) is 1.83. The Morgan fingerprint density at radius 3 is 1.80 bits per heavy atom. The molecule has 5 rings (SSSR count). The van der Waals surface area contributed by atoms with Gasteiger partial charge >= 0.3 is 0 Å². The number of aromatic nitrogens is 1. The summed E-state index contributed by atoms with van der Waals surface area (Å²) in [7, 11) is 0. The monoisotopic (exact) mass is 397 g/mol. The van der Waals surface area contributed by atoms with Gasteiger partial charge < -0.3 is 9.80 Å². The lowest BCUT2D eigenvalue weighted by atomic mass is 9.84. The van der Waals surface area contributed by atoms with E-state index in [1.54, 1.807) is 9.80 Å². The number of carbonyl (C=O) groups is 2. The Bertz CT molecular complexity index is 1140. The van der Waals surface area contributed by atoms with Gasteiger partial charge in [0.25, 0.3) is 0 Å². The molecule has 0 saturated carbocycles. The molecule has 150 valence electrons. The summed E-state index contributed by atoms with van der Waals surface area (Å²) < 4.78 is 0. The summed E-state index contributed by atoms with van der Waals surface area (Å²) in [5, 5.41) is 0. The highest BCUT2D eigenvalue weighted by Crippen LogP contribution is 2.37. The van der Waals surface area contributed by atoms with Crippen molar-refractivity contribution in [3.05, 3.63) is 66.4 Å². The lowest BCUT2D eigenvalue weighted by Crippen LogP contribution is -2.13. The molecule has 30 heavy (non-hydrogen) atoms. The van der Waals surface area contributed by atoms with Crippen molar-refractivity contribution in [3.63, 3.8) is 0 Å². The van der Waals surface area contributed by atoms with Gasteiger partial charge in [-0.15, -0.1) is 0 Å². The summed E-state index contributed by atoms with van der Waals surface area (Å²) in [6, 6.07) is 18.4. The lowest BCUT2D eigenvalue weighted by molar-refractivity contribution is -0.110. The minimum atomic E-state index is 0.00198. The van der Waals surface area contributed by atoms with Gasteiger partial charge in [-0.05, 0) is 46.4 Å². The predicted molar refractivity (Wildman–Crippen MR) is 119 cm³/mol. The average Bonchev–Trinajstić information content (AvgIpc) is 3.65. The van der Waals surface area contributed by atoms with Crippen molar-refractivity contribution in [3.8, 4) is 22.4 Å². The Morgan fingerprint density at radius 1 is 0.767 bits per heavy atom. The molecule has 2 aliphatic rings. The van der Waals surface area contributed by atoms with Crippen LogP contribution in [-0.2, 0) is 15.0 Å². The zero-order valence-corrected chi connectivity index (χ0v) is 17.3. The van der Waals surface area contributed by atoms with Gasteiger partial charge in [-0.3, -0.25) is 14.6 Å². The fraction of sp³-hybridized carbons (Fsp3) is 0.240. The summed E-state index contributed by atoms with van der Waals surface area (Å²) in [6.45, 7) is 7.45. The summed E-state index contributed by atoms with van der Waals surface area (Å²) in [5.41, 5.74) is 7.00. The molecule has 0 bridgehead atoms. The van der Waals surface area contributed by atoms with E-state index in [0.717, 1.165) is 33.8 Å². The number of nitrogens with zero attached hydrogens (tertiary/aromatic N) is 3. The number of benzene rings is 2. The largest absolute Gasteiger partial charge is 0.301 e. The molecule has 0 atom stereocenters. The van der Waals surface area contributed by atoms with Crippen LogP contribution in [0.5, 0.6) is 0 Å². The van der Waals surface area contributed by atoms with Crippen LogP contribution in [0.2, 0.25) is 0 Å². The lowest BCUT2D eigenvalue weighted by Gasteiger charge is -2.22. The minimum absolute atomic E-state index is 0.00198. The van der Waals surface area contributed by atoms with E-state index in [1.165, 1.54) is 5.56 Å². The molecule has 2 aliphatic heterocycles. The molecular formula is C25H23N3O2. The maximum absolute atomic E-state index is 11.6. The Morgan fingerprint density at radius 2 is 1.30 bits per heavy atom. The van der Waals surface area contributed by atoms with Gasteiger partial charge in [0.05, 0.1) is 5.69 Å². The van der Waals surface area contributed by atoms with E-state index in [-0.39, 0.29) is 17.2 Å². The third kappa shape index (κ3) is 3.36. The number of rotatable bonds is 4. The standard InChI is InChI=1S/C25H23N3O2/c1-25(2,3)21-5-4-10-26-24(21)17-8-6-16(7-9-17)18-11-19(27-14-22(27)29)13-20(12-18)28-15-23(28)30/h4-13H,14-15H2,1-3H3. The van der Waals surface area contributed by atoms with Crippen LogP contribution in [0.3, 0.4) is 0 Å². The zero-order chi connectivity index (χ0) is 21.0. The number of pyridine rings is 1. The molecular weight excluding hydrogens is 374 g/mol. The summed E-state index contributed by atoms with van der Waals surface area (Å²) in [4.78, 5) is 31.4. The van der Waals surface area contributed by atoms with Gasteiger partial charge in [0.2, 0.25) is 11.8 Å². The molecule has 2 amide bonds. The number of anilines is 2. The predicted octanol–water partition coefficient (Wildman–Crippen LogP) is 4.41.